The van der Waals surface area contributed by atoms with Crippen molar-refractivity contribution in [3.8, 4) is 0 Å². The van der Waals surface area contributed by atoms with Crippen molar-refractivity contribution in [2.75, 3.05) is 20.3 Å². The molecule has 66 valence electrons. The molecule has 3 heteroatoms. The van der Waals surface area contributed by atoms with Gasteiger partial charge in [-0.2, -0.15) is 0 Å². The summed E-state index contributed by atoms with van der Waals surface area (Å²) < 4.78 is 0. The van der Waals surface area contributed by atoms with E-state index in [0.29, 0.717) is 13.2 Å². The highest BCUT2D eigenvalue weighted by molar-refractivity contribution is 5.79. The number of hydrogen-bond donors (Lipinski definition) is 1. The number of amides is 1. The Morgan fingerprint density at radius 3 is 2.00 bits per heavy atom. The molecule has 0 aliphatic carbocycles. The van der Waals surface area contributed by atoms with Gasteiger partial charge in [-0.1, -0.05) is 20.8 Å². The maximum absolute atomic E-state index is 10.4. The molecule has 0 atom stereocenters. The predicted octanol–water partition coefficient (Wildman–Crippen LogP) is 0.668. The standard InChI is InChI=1S/C4H8N2O.C4H10/c1-6-3-5-2-4(6)7;1-4(2)3/h5H,2-3H2,1H3;4H,1-3H3. The van der Waals surface area contributed by atoms with Crippen molar-refractivity contribution in [3.63, 3.8) is 0 Å². The summed E-state index contributed by atoms with van der Waals surface area (Å²) in [5, 5.41) is 2.90. The summed E-state index contributed by atoms with van der Waals surface area (Å²) in [6.07, 6.45) is 0. The molecule has 1 amide bonds. The fourth-order valence-electron chi connectivity index (χ4n) is 0.554. The molecule has 0 spiro atoms. The molecule has 0 radical (unpaired) electrons. The summed E-state index contributed by atoms with van der Waals surface area (Å²) in [5.41, 5.74) is 0. The van der Waals surface area contributed by atoms with Gasteiger partial charge in [0, 0.05) is 7.05 Å². The maximum atomic E-state index is 10.4. The maximum Gasteiger partial charge on any atom is 0.237 e. The molecular formula is C8H18N2O. The van der Waals surface area contributed by atoms with E-state index < -0.39 is 0 Å². The van der Waals surface area contributed by atoms with Gasteiger partial charge in [-0.3, -0.25) is 10.1 Å². The molecule has 1 aliphatic heterocycles. The van der Waals surface area contributed by atoms with Crippen molar-refractivity contribution in [2.45, 2.75) is 20.8 Å². The van der Waals surface area contributed by atoms with Gasteiger partial charge >= 0.3 is 0 Å². The van der Waals surface area contributed by atoms with Crippen LogP contribution in [0.25, 0.3) is 0 Å². The Labute approximate surface area is 68.8 Å². The molecule has 1 saturated heterocycles. The van der Waals surface area contributed by atoms with Crippen LogP contribution in [0.3, 0.4) is 0 Å². The number of carbonyl (C=O) groups excluding carboxylic acids is 1. The van der Waals surface area contributed by atoms with Gasteiger partial charge in [-0.15, -0.1) is 0 Å². The number of nitrogens with zero attached hydrogens (tertiary/aromatic N) is 1. The first-order chi connectivity index (χ1) is 5.04. The van der Waals surface area contributed by atoms with Crippen LogP contribution in [0.15, 0.2) is 0 Å². The monoisotopic (exact) mass is 158 g/mol. The van der Waals surface area contributed by atoms with Crippen molar-refractivity contribution >= 4 is 5.91 Å². The average molecular weight is 158 g/mol. The van der Waals surface area contributed by atoms with Crippen molar-refractivity contribution in [1.29, 1.82) is 0 Å². The Hall–Kier alpha value is -0.570. The van der Waals surface area contributed by atoms with Crippen LogP contribution in [0.1, 0.15) is 20.8 Å². The molecule has 1 aliphatic rings. The Morgan fingerprint density at radius 2 is 1.91 bits per heavy atom. The fourth-order valence-corrected chi connectivity index (χ4v) is 0.554. The van der Waals surface area contributed by atoms with Crippen molar-refractivity contribution < 1.29 is 4.79 Å². The second kappa shape index (κ2) is 5.13. The van der Waals surface area contributed by atoms with E-state index >= 15 is 0 Å². The van der Waals surface area contributed by atoms with E-state index in [1.807, 2.05) is 0 Å². The third kappa shape index (κ3) is 5.85. The minimum Gasteiger partial charge on any atom is -0.332 e. The summed E-state index contributed by atoms with van der Waals surface area (Å²) >= 11 is 0. The molecule has 0 bridgehead atoms. The van der Waals surface area contributed by atoms with Gasteiger partial charge in [0.1, 0.15) is 0 Å². The lowest BCUT2D eigenvalue weighted by Crippen LogP contribution is -2.20. The van der Waals surface area contributed by atoms with E-state index in [1.165, 1.54) is 0 Å². The van der Waals surface area contributed by atoms with Gasteiger partial charge in [-0.25, -0.2) is 0 Å². The van der Waals surface area contributed by atoms with Crippen LogP contribution >= 0.6 is 0 Å². The van der Waals surface area contributed by atoms with Crippen LogP contribution in [-0.2, 0) is 4.79 Å². The average Bonchev–Trinajstić information content (AvgIpc) is 2.15. The van der Waals surface area contributed by atoms with Crippen LogP contribution in [0.2, 0.25) is 0 Å². The molecule has 0 saturated carbocycles. The number of carbonyl (C=O) groups is 1. The highest BCUT2D eigenvalue weighted by Crippen LogP contribution is 1.86. The first kappa shape index (κ1) is 10.4. The number of nitrogens with one attached hydrogen (secondary N) is 1. The molecule has 11 heavy (non-hydrogen) atoms. The van der Waals surface area contributed by atoms with Gasteiger partial charge in [0.05, 0.1) is 13.2 Å². The Morgan fingerprint density at radius 1 is 1.45 bits per heavy atom. The lowest BCUT2D eigenvalue weighted by Gasteiger charge is -2.02. The summed E-state index contributed by atoms with van der Waals surface area (Å²) in [7, 11) is 1.78. The van der Waals surface area contributed by atoms with Crippen LogP contribution in [-0.4, -0.2) is 31.1 Å². The molecule has 0 aromatic rings. The third-order valence-electron chi connectivity index (χ3n) is 1.05. The van der Waals surface area contributed by atoms with E-state index in [2.05, 4.69) is 26.1 Å². The van der Waals surface area contributed by atoms with E-state index in [-0.39, 0.29) is 5.91 Å². The van der Waals surface area contributed by atoms with Crippen molar-refractivity contribution in [3.05, 3.63) is 0 Å². The van der Waals surface area contributed by atoms with Crippen molar-refractivity contribution in [2.24, 2.45) is 5.92 Å². The van der Waals surface area contributed by atoms with Gasteiger partial charge in [0.2, 0.25) is 5.91 Å². The molecule has 1 rings (SSSR count). The predicted molar refractivity (Wildman–Crippen MR) is 46.2 cm³/mol. The summed E-state index contributed by atoms with van der Waals surface area (Å²) in [4.78, 5) is 12.1. The van der Waals surface area contributed by atoms with E-state index in [9.17, 15) is 4.79 Å². The molecule has 0 unspecified atom stereocenters. The van der Waals surface area contributed by atoms with Crippen LogP contribution < -0.4 is 5.32 Å². The Balaban J connectivity index is 0.000000218. The fraction of sp³-hybridized carbons (Fsp3) is 0.875. The second-order valence-corrected chi connectivity index (χ2v) is 3.41. The number of rotatable bonds is 0. The van der Waals surface area contributed by atoms with Crippen LogP contribution in [0.5, 0.6) is 0 Å². The minimum atomic E-state index is 0.181. The minimum absolute atomic E-state index is 0.181. The Bertz CT molecular complexity index is 121. The summed E-state index contributed by atoms with van der Waals surface area (Å²) in [5.74, 6) is 1.01. The summed E-state index contributed by atoms with van der Waals surface area (Å²) in [6, 6.07) is 0. The number of likely N-dealkylation sites (N-methyl/N-ethyl adjacent to an activating group) is 1. The zero-order chi connectivity index (χ0) is 8.85. The lowest BCUT2D eigenvalue weighted by molar-refractivity contribution is -0.125. The van der Waals surface area contributed by atoms with Gasteiger partial charge in [0.25, 0.3) is 0 Å². The highest BCUT2D eigenvalue weighted by Gasteiger charge is 2.13. The largest absolute Gasteiger partial charge is 0.332 e. The Kier molecular flexibility index (Phi) is 4.86. The molecule has 1 heterocycles. The van der Waals surface area contributed by atoms with E-state index in [0.717, 1.165) is 5.92 Å². The third-order valence-corrected chi connectivity index (χ3v) is 1.05. The quantitative estimate of drug-likeness (QED) is 0.562. The molecule has 0 aromatic heterocycles. The van der Waals surface area contributed by atoms with Gasteiger partial charge < -0.3 is 4.90 Å². The molecule has 1 fully saturated rings. The lowest BCUT2D eigenvalue weighted by atomic mass is 10.3. The molecular weight excluding hydrogens is 140 g/mol. The van der Waals surface area contributed by atoms with Crippen molar-refractivity contribution in [1.82, 2.24) is 10.2 Å². The topological polar surface area (TPSA) is 32.3 Å². The smallest absolute Gasteiger partial charge is 0.237 e. The summed E-state index contributed by atoms with van der Waals surface area (Å²) in [6.45, 7) is 7.72. The normalized spacial score (nSPS) is 16.8. The molecule has 3 nitrogen and oxygen atoms in total. The highest BCUT2D eigenvalue weighted by atomic mass is 16.2. The van der Waals surface area contributed by atoms with Crippen LogP contribution in [0.4, 0.5) is 0 Å². The first-order valence-electron chi connectivity index (χ1n) is 3.98. The zero-order valence-corrected chi connectivity index (χ0v) is 7.85. The van der Waals surface area contributed by atoms with Gasteiger partial charge in [0.15, 0.2) is 0 Å². The zero-order valence-electron chi connectivity index (χ0n) is 7.85. The molecule has 1 N–H and O–H groups in total. The van der Waals surface area contributed by atoms with E-state index in [1.54, 1.807) is 11.9 Å². The SMILES string of the molecule is CC(C)C.CN1CNCC1=O. The van der Waals surface area contributed by atoms with Crippen LogP contribution in [0, 0.1) is 5.92 Å². The van der Waals surface area contributed by atoms with Gasteiger partial charge in [-0.05, 0) is 5.92 Å². The van der Waals surface area contributed by atoms with E-state index in [4.69, 9.17) is 0 Å². The molecule has 0 aromatic carbocycles. The second-order valence-electron chi connectivity index (χ2n) is 3.41. The first-order valence-corrected chi connectivity index (χ1v) is 3.98. The number of hydrogen-bond acceptors (Lipinski definition) is 2.